The van der Waals surface area contributed by atoms with Gasteiger partial charge < -0.3 is 9.52 Å². The molecule has 0 saturated heterocycles. The van der Waals surface area contributed by atoms with E-state index in [2.05, 4.69) is 4.98 Å². The van der Waals surface area contributed by atoms with Crippen molar-refractivity contribution in [1.82, 2.24) is 4.98 Å². The Balaban J connectivity index is 1.91. The maximum absolute atomic E-state index is 13.6. The van der Waals surface area contributed by atoms with E-state index in [1.54, 1.807) is 37.3 Å². The minimum atomic E-state index is -1.16. The minimum Gasteiger partial charge on any atom is -0.478 e. The summed E-state index contributed by atoms with van der Waals surface area (Å²) in [6.07, 6.45) is 0. The van der Waals surface area contributed by atoms with Crippen LogP contribution >= 0.6 is 23.2 Å². The molecular formula is C21H12Cl2FNO3. The Morgan fingerprint density at radius 2 is 1.82 bits per heavy atom. The highest BCUT2D eigenvalue weighted by atomic mass is 35.5. The normalized spacial score (nSPS) is 11.1. The van der Waals surface area contributed by atoms with E-state index in [1.807, 2.05) is 0 Å². The maximum Gasteiger partial charge on any atom is 0.336 e. The molecule has 0 unspecified atom stereocenters. The van der Waals surface area contributed by atoms with Crippen molar-refractivity contribution in [2.75, 3.05) is 0 Å². The van der Waals surface area contributed by atoms with Crippen molar-refractivity contribution in [1.29, 1.82) is 0 Å². The van der Waals surface area contributed by atoms with Crippen molar-refractivity contribution in [2.24, 2.45) is 0 Å². The van der Waals surface area contributed by atoms with Crippen LogP contribution in [0.15, 0.2) is 52.9 Å². The zero-order valence-corrected chi connectivity index (χ0v) is 16.0. The van der Waals surface area contributed by atoms with E-state index in [0.717, 1.165) is 0 Å². The summed E-state index contributed by atoms with van der Waals surface area (Å²) >= 11 is 12.2. The summed E-state index contributed by atoms with van der Waals surface area (Å²) in [6, 6.07) is 12.3. The van der Waals surface area contributed by atoms with Gasteiger partial charge in [0.25, 0.3) is 0 Å². The molecule has 0 aliphatic heterocycles. The smallest absolute Gasteiger partial charge is 0.336 e. The van der Waals surface area contributed by atoms with Crippen LogP contribution in [0.1, 0.15) is 15.9 Å². The van der Waals surface area contributed by atoms with Crippen LogP contribution in [0.25, 0.3) is 33.7 Å². The number of fused-ring (bicyclic) bond motifs is 1. The molecule has 0 radical (unpaired) electrons. The first-order valence-corrected chi connectivity index (χ1v) is 8.99. The summed E-state index contributed by atoms with van der Waals surface area (Å²) in [5.74, 6) is -0.813. The third-order valence-electron chi connectivity index (χ3n) is 4.44. The molecule has 0 spiro atoms. The first kappa shape index (κ1) is 18.5. The molecule has 0 aliphatic rings. The number of hydrogen-bond donors (Lipinski definition) is 1. The van der Waals surface area contributed by atoms with Gasteiger partial charge in [-0.3, -0.25) is 0 Å². The quantitative estimate of drug-likeness (QED) is 0.408. The third kappa shape index (κ3) is 3.13. The molecule has 1 N–H and O–H groups in total. The second-order valence-corrected chi connectivity index (χ2v) is 7.06. The molecule has 0 saturated carbocycles. The number of carbonyl (C=O) groups is 1. The maximum atomic E-state index is 13.6. The Labute approximate surface area is 169 Å². The molecule has 0 aliphatic carbocycles. The van der Waals surface area contributed by atoms with Crippen LogP contribution < -0.4 is 0 Å². The number of pyridine rings is 1. The lowest BCUT2D eigenvalue weighted by Crippen LogP contribution is -2.05. The number of carboxylic acid groups (broad SMARTS) is 1. The van der Waals surface area contributed by atoms with E-state index in [0.29, 0.717) is 43.9 Å². The van der Waals surface area contributed by atoms with Gasteiger partial charge in [0.15, 0.2) is 5.76 Å². The molecule has 28 heavy (non-hydrogen) atoms. The fraction of sp³-hybridized carbons (Fsp3) is 0.0476. The number of carboxylic acids is 1. The Morgan fingerprint density at radius 3 is 2.54 bits per heavy atom. The Hall–Kier alpha value is -2.89. The molecule has 0 fully saturated rings. The monoisotopic (exact) mass is 415 g/mol. The van der Waals surface area contributed by atoms with Crippen LogP contribution in [-0.2, 0) is 0 Å². The second kappa shape index (κ2) is 6.93. The van der Waals surface area contributed by atoms with E-state index in [-0.39, 0.29) is 10.9 Å². The first-order valence-electron chi connectivity index (χ1n) is 8.24. The fourth-order valence-electron chi connectivity index (χ4n) is 3.15. The lowest BCUT2D eigenvalue weighted by molar-refractivity contribution is 0.0698. The van der Waals surface area contributed by atoms with Crippen molar-refractivity contribution in [3.8, 4) is 22.8 Å². The summed E-state index contributed by atoms with van der Waals surface area (Å²) in [7, 11) is 0. The molecule has 4 nitrogen and oxygen atoms in total. The van der Waals surface area contributed by atoms with Crippen LogP contribution in [0.5, 0.6) is 0 Å². The number of aromatic carboxylic acids is 1. The predicted octanol–water partition coefficient (Wildman–Crippen LogP) is 6.61. The molecular weight excluding hydrogens is 404 g/mol. The van der Waals surface area contributed by atoms with Gasteiger partial charge in [-0.15, -0.1) is 0 Å². The number of furan rings is 1. The molecule has 4 rings (SSSR count). The van der Waals surface area contributed by atoms with Crippen LogP contribution in [0.2, 0.25) is 10.0 Å². The lowest BCUT2D eigenvalue weighted by atomic mass is 10.0. The summed E-state index contributed by atoms with van der Waals surface area (Å²) in [6.45, 7) is 1.62. The average molecular weight is 416 g/mol. The molecule has 0 bridgehead atoms. The number of halogens is 3. The third-order valence-corrected chi connectivity index (χ3v) is 4.99. The zero-order chi connectivity index (χ0) is 20.0. The molecule has 2 aromatic carbocycles. The molecule has 7 heteroatoms. The molecule has 140 valence electrons. The van der Waals surface area contributed by atoms with E-state index in [1.165, 1.54) is 18.2 Å². The van der Waals surface area contributed by atoms with Gasteiger partial charge in [0.2, 0.25) is 0 Å². The highest BCUT2D eigenvalue weighted by Gasteiger charge is 2.21. The zero-order valence-electron chi connectivity index (χ0n) is 14.5. The number of aromatic nitrogens is 1. The van der Waals surface area contributed by atoms with Crippen LogP contribution in [-0.4, -0.2) is 16.1 Å². The summed E-state index contributed by atoms with van der Waals surface area (Å²) in [5.41, 5.74) is 1.75. The van der Waals surface area contributed by atoms with Gasteiger partial charge in [-0.05, 0) is 61.0 Å². The minimum absolute atomic E-state index is 0.0121. The molecule has 0 amide bonds. The number of rotatable bonds is 3. The number of nitrogens with zero attached hydrogens (tertiary/aromatic N) is 1. The van der Waals surface area contributed by atoms with Crippen molar-refractivity contribution >= 4 is 40.1 Å². The van der Waals surface area contributed by atoms with Gasteiger partial charge >= 0.3 is 5.97 Å². The van der Waals surface area contributed by atoms with Crippen LogP contribution in [0, 0.1) is 12.7 Å². The van der Waals surface area contributed by atoms with Crippen molar-refractivity contribution in [2.45, 2.75) is 6.92 Å². The molecule has 0 atom stereocenters. The average Bonchev–Trinajstić information content (AvgIpc) is 3.10. The predicted molar refractivity (Wildman–Crippen MR) is 107 cm³/mol. The number of benzene rings is 2. The van der Waals surface area contributed by atoms with Gasteiger partial charge in [0, 0.05) is 16.0 Å². The Morgan fingerprint density at radius 1 is 1.07 bits per heavy atom. The lowest BCUT2D eigenvalue weighted by Gasteiger charge is -2.10. The SMILES string of the molecule is Cc1c(-c2ccc(-c3ccc(Cl)cc3Cl)o2)nc2ccc(F)cc2c1C(=O)O. The molecule has 2 aromatic heterocycles. The van der Waals surface area contributed by atoms with Crippen molar-refractivity contribution in [3.05, 3.63) is 75.5 Å². The molecule has 2 heterocycles. The van der Waals surface area contributed by atoms with E-state index >= 15 is 0 Å². The second-order valence-electron chi connectivity index (χ2n) is 6.22. The summed E-state index contributed by atoms with van der Waals surface area (Å²) < 4.78 is 19.5. The van der Waals surface area contributed by atoms with Gasteiger partial charge in [-0.25, -0.2) is 14.2 Å². The standard InChI is InChI=1S/C21H12Cl2FNO3/c1-10-19(21(26)27)14-9-12(24)3-5-16(14)25-20(10)18-7-6-17(28-18)13-4-2-11(22)8-15(13)23/h2-9H,1H3,(H,26,27). The number of hydrogen-bond acceptors (Lipinski definition) is 3. The van der Waals surface area contributed by atoms with E-state index in [9.17, 15) is 14.3 Å². The fourth-order valence-corrected chi connectivity index (χ4v) is 3.65. The highest BCUT2D eigenvalue weighted by Crippen LogP contribution is 2.36. The van der Waals surface area contributed by atoms with Crippen LogP contribution in [0.3, 0.4) is 0 Å². The highest BCUT2D eigenvalue weighted by molar-refractivity contribution is 6.36. The summed E-state index contributed by atoms with van der Waals surface area (Å²) in [5, 5.41) is 10.8. The molecule has 4 aromatic rings. The van der Waals surface area contributed by atoms with Crippen molar-refractivity contribution in [3.63, 3.8) is 0 Å². The van der Waals surface area contributed by atoms with Gasteiger partial charge in [0.1, 0.15) is 17.3 Å². The Kier molecular flexibility index (Phi) is 4.57. The Bertz CT molecular complexity index is 1250. The largest absolute Gasteiger partial charge is 0.478 e. The van der Waals surface area contributed by atoms with E-state index < -0.39 is 11.8 Å². The van der Waals surface area contributed by atoms with Crippen molar-refractivity contribution < 1.29 is 18.7 Å². The summed E-state index contributed by atoms with van der Waals surface area (Å²) in [4.78, 5) is 16.3. The topological polar surface area (TPSA) is 63.3 Å². The van der Waals surface area contributed by atoms with Crippen LogP contribution in [0.4, 0.5) is 4.39 Å². The van der Waals surface area contributed by atoms with Gasteiger partial charge in [-0.1, -0.05) is 23.2 Å². The van der Waals surface area contributed by atoms with E-state index in [4.69, 9.17) is 27.6 Å². The first-order chi connectivity index (χ1) is 13.3. The van der Waals surface area contributed by atoms with Gasteiger partial charge in [0.05, 0.1) is 16.1 Å². The van der Waals surface area contributed by atoms with Gasteiger partial charge in [-0.2, -0.15) is 0 Å².